The third-order valence-electron chi connectivity index (χ3n) is 4.68. The van der Waals surface area contributed by atoms with Crippen LogP contribution in [0.2, 0.25) is 0 Å². The Morgan fingerprint density at radius 1 is 1.10 bits per heavy atom. The lowest BCUT2D eigenvalue weighted by atomic mass is 10.1. The molecule has 31 heavy (non-hydrogen) atoms. The highest BCUT2D eigenvalue weighted by atomic mass is 32.2. The molecule has 0 fully saturated rings. The molecule has 1 aromatic heterocycles. The van der Waals surface area contributed by atoms with Gasteiger partial charge >= 0.3 is 6.18 Å². The second-order valence-electron chi connectivity index (χ2n) is 6.85. The molecule has 0 saturated heterocycles. The van der Waals surface area contributed by atoms with Crippen molar-refractivity contribution in [2.24, 2.45) is 0 Å². The quantitative estimate of drug-likeness (QED) is 0.588. The van der Waals surface area contributed by atoms with Gasteiger partial charge in [0.15, 0.2) is 15.5 Å². The largest absolute Gasteiger partial charge is 0.435 e. The van der Waals surface area contributed by atoms with E-state index >= 15 is 0 Å². The summed E-state index contributed by atoms with van der Waals surface area (Å²) in [5, 5.41) is 3.54. The van der Waals surface area contributed by atoms with Crippen molar-refractivity contribution in [1.82, 2.24) is 14.5 Å². The van der Waals surface area contributed by atoms with Gasteiger partial charge in [-0.05, 0) is 48.0 Å². The van der Waals surface area contributed by atoms with Crippen LogP contribution in [0.3, 0.4) is 0 Å². The highest BCUT2D eigenvalue weighted by Gasteiger charge is 2.36. The van der Waals surface area contributed by atoms with E-state index in [9.17, 15) is 34.4 Å². The predicted octanol–water partition coefficient (Wildman–Crippen LogP) is 2.89. The van der Waals surface area contributed by atoms with E-state index in [0.717, 1.165) is 23.1 Å². The number of fused-ring (bicyclic) bond motifs is 1. The van der Waals surface area contributed by atoms with Crippen molar-refractivity contribution in [3.8, 4) is 16.9 Å². The van der Waals surface area contributed by atoms with Crippen LogP contribution in [0, 0.1) is 5.82 Å². The van der Waals surface area contributed by atoms with Crippen molar-refractivity contribution in [3.63, 3.8) is 0 Å². The van der Waals surface area contributed by atoms with Crippen molar-refractivity contribution in [2.75, 3.05) is 6.26 Å². The van der Waals surface area contributed by atoms with Gasteiger partial charge in [0.25, 0.3) is 0 Å². The van der Waals surface area contributed by atoms with Crippen LogP contribution in [-0.2, 0) is 32.6 Å². The van der Waals surface area contributed by atoms with Crippen LogP contribution in [0.1, 0.15) is 11.3 Å². The summed E-state index contributed by atoms with van der Waals surface area (Å²) in [6.07, 6.45) is -3.95. The Hall–Kier alpha value is -2.77. The monoisotopic (exact) mass is 475 g/mol. The number of benzene rings is 2. The first-order valence-electron chi connectivity index (χ1n) is 8.57. The molecule has 13 heteroatoms. The maximum absolute atomic E-state index is 14.7. The number of sulfone groups is 1. The number of nitrogens with zero attached hydrogens (tertiary/aromatic N) is 2. The van der Waals surface area contributed by atoms with Gasteiger partial charge in [0.05, 0.1) is 21.2 Å². The zero-order valence-corrected chi connectivity index (χ0v) is 17.2. The van der Waals surface area contributed by atoms with Crippen molar-refractivity contribution in [3.05, 3.63) is 59.5 Å². The van der Waals surface area contributed by atoms with Crippen LogP contribution in [0.25, 0.3) is 16.9 Å². The first kappa shape index (κ1) is 21.5. The van der Waals surface area contributed by atoms with Gasteiger partial charge in [-0.15, -0.1) is 0 Å². The van der Waals surface area contributed by atoms with E-state index in [1.165, 1.54) is 18.2 Å². The molecule has 0 bridgehead atoms. The summed E-state index contributed by atoms with van der Waals surface area (Å²) in [5.74, 6) is -1.05. The topological polar surface area (TPSA) is 98.1 Å². The molecule has 1 aliphatic heterocycles. The van der Waals surface area contributed by atoms with Gasteiger partial charge in [-0.1, -0.05) is 0 Å². The van der Waals surface area contributed by atoms with E-state index in [0.29, 0.717) is 17.7 Å². The summed E-state index contributed by atoms with van der Waals surface area (Å²) in [7, 11) is -7.42. The summed E-state index contributed by atoms with van der Waals surface area (Å²) in [6.45, 7) is -0.0499. The Morgan fingerprint density at radius 2 is 1.81 bits per heavy atom. The number of aromatic nitrogens is 2. The highest BCUT2D eigenvalue weighted by Crippen LogP contribution is 2.35. The summed E-state index contributed by atoms with van der Waals surface area (Å²) in [6, 6.07) is 7.31. The summed E-state index contributed by atoms with van der Waals surface area (Å²) in [5.41, 5.74) is -1.48. The first-order chi connectivity index (χ1) is 14.3. The third-order valence-corrected chi connectivity index (χ3v) is 7.29. The molecule has 0 saturated carbocycles. The Kier molecular flexibility index (Phi) is 4.75. The fourth-order valence-electron chi connectivity index (χ4n) is 3.19. The van der Waals surface area contributed by atoms with Crippen molar-refractivity contribution in [2.45, 2.75) is 22.5 Å². The normalized spacial score (nSPS) is 15.8. The molecule has 0 radical (unpaired) electrons. The molecule has 7 nitrogen and oxygen atoms in total. The SMILES string of the molecule is CS(=O)(=O)c1ccc(-c2cc(C(F)(F)F)nn2-c2ccc3c(c2)CNS3(=O)=O)c(F)c1. The van der Waals surface area contributed by atoms with E-state index in [4.69, 9.17) is 0 Å². The number of hydrogen-bond acceptors (Lipinski definition) is 5. The van der Waals surface area contributed by atoms with Crippen LogP contribution < -0.4 is 4.72 Å². The van der Waals surface area contributed by atoms with E-state index < -0.39 is 37.5 Å². The van der Waals surface area contributed by atoms with Gasteiger partial charge < -0.3 is 0 Å². The molecule has 164 valence electrons. The van der Waals surface area contributed by atoms with Gasteiger partial charge in [-0.3, -0.25) is 0 Å². The minimum Gasteiger partial charge on any atom is -0.232 e. The fraction of sp³-hybridized carbons (Fsp3) is 0.167. The highest BCUT2D eigenvalue weighted by molar-refractivity contribution is 7.90. The molecule has 0 spiro atoms. The van der Waals surface area contributed by atoms with Crippen molar-refractivity contribution < 1.29 is 34.4 Å². The molecule has 0 amide bonds. The predicted molar refractivity (Wildman–Crippen MR) is 101 cm³/mol. The zero-order valence-electron chi connectivity index (χ0n) is 15.6. The number of rotatable bonds is 3. The summed E-state index contributed by atoms with van der Waals surface area (Å²) >= 11 is 0. The van der Waals surface area contributed by atoms with Crippen LogP contribution >= 0.6 is 0 Å². The maximum Gasteiger partial charge on any atom is 0.435 e. The van der Waals surface area contributed by atoms with Gasteiger partial charge in [0.1, 0.15) is 5.82 Å². The molecular weight excluding hydrogens is 462 g/mol. The van der Waals surface area contributed by atoms with Gasteiger partial charge in [0, 0.05) is 18.4 Å². The van der Waals surface area contributed by atoms with Gasteiger partial charge in [-0.25, -0.2) is 30.6 Å². The molecule has 2 heterocycles. The standard InChI is InChI=1S/C18H13F4N3O4S2/c1-30(26,27)12-3-4-13(14(19)7-12)15-8-17(18(20,21)22)24-25(15)11-2-5-16-10(6-11)9-23-31(16,28)29/h2-8,23H,9H2,1H3. The van der Waals surface area contributed by atoms with Crippen LogP contribution in [0.4, 0.5) is 17.6 Å². The number of sulfonamides is 1. The number of halogens is 4. The lowest BCUT2D eigenvalue weighted by Crippen LogP contribution is -2.13. The van der Waals surface area contributed by atoms with Gasteiger partial charge in [-0.2, -0.15) is 18.3 Å². The minimum atomic E-state index is -4.83. The maximum atomic E-state index is 14.7. The second kappa shape index (κ2) is 6.87. The average Bonchev–Trinajstić information content (AvgIpc) is 3.22. The van der Waals surface area contributed by atoms with Gasteiger partial charge in [0.2, 0.25) is 10.0 Å². The Balaban J connectivity index is 1.92. The van der Waals surface area contributed by atoms with Crippen LogP contribution in [0.5, 0.6) is 0 Å². The fourth-order valence-corrected chi connectivity index (χ4v) is 5.05. The Labute approximate surface area is 174 Å². The van der Waals surface area contributed by atoms with Crippen molar-refractivity contribution >= 4 is 19.9 Å². The Morgan fingerprint density at radius 3 is 2.42 bits per heavy atom. The third kappa shape index (κ3) is 3.83. The minimum absolute atomic E-state index is 0.00955. The average molecular weight is 475 g/mol. The summed E-state index contributed by atoms with van der Waals surface area (Å²) < 4.78 is 105. The number of hydrogen-bond donors (Lipinski definition) is 1. The smallest absolute Gasteiger partial charge is 0.232 e. The molecule has 1 N–H and O–H groups in total. The van der Waals surface area contributed by atoms with E-state index in [-0.39, 0.29) is 33.3 Å². The van der Waals surface area contributed by atoms with Crippen molar-refractivity contribution in [1.29, 1.82) is 0 Å². The lowest BCUT2D eigenvalue weighted by molar-refractivity contribution is -0.141. The second-order valence-corrected chi connectivity index (χ2v) is 10.6. The molecule has 0 unspecified atom stereocenters. The molecule has 0 atom stereocenters. The zero-order chi connectivity index (χ0) is 22.8. The molecule has 2 aromatic carbocycles. The Bertz CT molecular complexity index is 1430. The number of nitrogens with one attached hydrogen (secondary N) is 1. The molecule has 1 aliphatic rings. The molecule has 4 rings (SSSR count). The van der Waals surface area contributed by atoms with E-state index in [1.54, 1.807) is 0 Å². The first-order valence-corrected chi connectivity index (χ1v) is 11.9. The van der Waals surface area contributed by atoms with Crippen LogP contribution in [0.15, 0.2) is 52.3 Å². The molecule has 0 aliphatic carbocycles. The van der Waals surface area contributed by atoms with Crippen LogP contribution in [-0.4, -0.2) is 32.9 Å². The van der Waals surface area contributed by atoms with E-state index in [1.807, 2.05) is 0 Å². The van der Waals surface area contributed by atoms with E-state index in [2.05, 4.69) is 9.82 Å². The molecule has 3 aromatic rings. The number of alkyl halides is 3. The lowest BCUT2D eigenvalue weighted by Gasteiger charge is -2.10. The summed E-state index contributed by atoms with van der Waals surface area (Å²) in [4.78, 5) is -0.339. The molecular formula is C18H13F4N3O4S2.